The first-order valence-electron chi connectivity index (χ1n) is 11.3. The highest BCUT2D eigenvalue weighted by Crippen LogP contribution is 2.35. The summed E-state index contributed by atoms with van der Waals surface area (Å²) in [5.74, 6) is -1.50. The van der Waals surface area contributed by atoms with Crippen LogP contribution in [0.3, 0.4) is 0 Å². The summed E-state index contributed by atoms with van der Waals surface area (Å²) in [7, 11) is 1.28. The fourth-order valence-electron chi connectivity index (χ4n) is 4.41. The second kappa shape index (κ2) is 11.0. The first-order chi connectivity index (χ1) is 16.2. The Kier molecular flexibility index (Phi) is 8.28. The highest BCUT2D eigenvalue weighted by atomic mass is 35.5. The molecule has 8 nitrogen and oxygen atoms in total. The average Bonchev–Trinajstić information content (AvgIpc) is 2.83. The highest BCUT2D eigenvalue weighted by Gasteiger charge is 2.47. The van der Waals surface area contributed by atoms with E-state index in [1.165, 1.54) is 25.5 Å². The van der Waals surface area contributed by atoms with Gasteiger partial charge < -0.3 is 20.7 Å². The maximum Gasteiger partial charge on any atom is 0.330 e. The van der Waals surface area contributed by atoms with E-state index < -0.39 is 23.3 Å². The zero-order valence-corrected chi connectivity index (χ0v) is 20.4. The number of nitrogens with two attached hydrogens (primary N) is 1. The normalized spacial score (nSPS) is 23.7. The first-order valence-corrected chi connectivity index (χ1v) is 11.7. The number of carbonyl (C=O) groups is 3. The van der Waals surface area contributed by atoms with E-state index in [1.807, 2.05) is 0 Å². The number of piperidine rings is 1. The van der Waals surface area contributed by atoms with E-state index in [4.69, 9.17) is 17.3 Å². The quantitative estimate of drug-likeness (QED) is 0.451. The Morgan fingerprint density at radius 1 is 1.29 bits per heavy atom. The minimum absolute atomic E-state index is 0.125. The van der Waals surface area contributed by atoms with E-state index in [9.17, 15) is 14.4 Å². The third-order valence-corrected chi connectivity index (χ3v) is 6.69. The van der Waals surface area contributed by atoms with E-state index >= 15 is 0 Å². The van der Waals surface area contributed by atoms with Crippen molar-refractivity contribution < 1.29 is 19.1 Å². The number of nitrogens with one attached hydrogen (secondary N) is 1. The van der Waals surface area contributed by atoms with Crippen LogP contribution in [0.5, 0.6) is 0 Å². The van der Waals surface area contributed by atoms with Gasteiger partial charge in [-0.3, -0.25) is 14.6 Å². The number of methoxy groups -OCH3 is 1. The number of rotatable bonds is 7. The zero-order valence-electron chi connectivity index (χ0n) is 19.7. The van der Waals surface area contributed by atoms with Crippen molar-refractivity contribution in [3.63, 3.8) is 0 Å². The fourth-order valence-corrected chi connectivity index (χ4v) is 4.52. The molecule has 1 saturated heterocycles. The number of halogens is 1. The van der Waals surface area contributed by atoms with Crippen LogP contribution in [-0.4, -0.2) is 60.0 Å². The van der Waals surface area contributed by atoms with Crippen molar-refractivity contribution in [3.05, 3.63) is 65.0 Å². The molecule has 2 heterocycles. The van der Waals surface area contributed by atoms with E-state index in [2.05, 4.69) is 33.8 Å². The molecule has 2 aliphatic rings. The lowest BCUT2D eigenvalue weighted by atomic mass is 9.71. The molecule has 0 saturated carbocycles. The number of nitrogens with zero attached hydrogens (tertiary/aromatic N) is 2. The standard InChI is InChI=1S/C25H31ClN4O4/c1-16(2)30-12-10-18(11-13-30)23(32)29-21-7-4-17(5-9-22(31)34-3)14-25(21,24(27)33)20-8-6-19(26)15-28-20/h4-9,14-16,18,21H,10-13H2,1-3H3,(H2,27,33)(H,29,32)/b9-5+. The summed E-state index contributed by atoms with van der Waals surface area (Å²) in [6.45, 7) is 5.98. The number of allylic oxidation sites excluding steroid dienone is 3. The van der Waals surface area contributed by atoms with Gasteiger partial charge in [0.25, 0.3) is 0 Å². The van der Waals surface area contributed by atoms with Crippen LogP contribution in [0, 0.1) is 5.92 Å². The van der Waals surface area contributed by atoms with Crippen LogP contribution in [0.2, 0.25) is 5.02 Å². The lowest BCUT2D eigenvalue weighted by Crippen LogP contribution is -2.58. The van der Waals surface area contributed by atoms with Crippen LogP contribution in [0.25, 0.3) is 0 Å². The van der Waals surface area contributed by atoms with Gasteiger partial charge in [0, 0.05) is 24.2 Å². The number of esters is 1. The monoisotopic (exact) mass is 486 g/mol. The topological polar surface area (TPSA) is 115 Å². The van der Waals surface area contributed by atoms with E-state index in [0.717, 1.165) is 25.9 Å². The summed E-state index contributed by atoms with van der Waals surface area (Å²) >= 11 is 6.02. The van der Waals surface area contributed by atoms with Gasteiger partial charge in [-0.15, -0.1) is 0 Å². The molecule has 34 heavy (non-hydrogen) atoms. The molecule has 1 fully saturated rings. The van der Waals surface area contributed by atoms with Crippen molar-refractivity contribution in [1.82, 2.24) is 15.2 Å². The molecule has 2 amide bonds. The highest BCUT2D eigenvalue weighted by molar-refractivity contribution is 6.30. The van der Waals surface area contributed by atoms with Gasteiger partial charge in [-0.05, 0) is 63.6 Å². The summed E-state index contributed by atoms with van der Waals surface area (Å²) in [5.41, 5.74) is 5.38. The molecule has 0 bridgehead atoms. The maximum atomic E-state index is 13.2. The Hall–Kier alpha value is -2.97. The summed E-state index contributed by atoms with van der Waals surface area (Å²) < 4.78 is 4.65. The molecule has 0 aromatic carbocycles. The van der Waals surface area contributed by atoms with Gasteiger partial charge in [-0.25, -0.2) is 4.79 Å². The lowest BCUT2D eigenvalue weighted by molar-refractivity contribution is -0.135. The summed E-state index contributed by atoms with van der Waals surface area (Å²) in [6, 6.07) is 2.91. The molecule has 1 aliphatic carbocycles. The molecule has 1 aliphatic heterocycles. The van der Waals surface area contributed by atoms with E-state index in [-0.39, 0.29) is 11.8 Å². The molecule has 182 valence electrons. The van der Waals surface area contributed by atoms with Crippen molar-refractivity contribution in [2.24, 2.45) is 11.7 Å². The predicted octanol–water partition coefficient (Wildman–Crippen LogP) is 2.29. The molecule has 1 aromatic heterocycles. The Balaban J connectivity index is 1.93. The third kappa shape index (κ3) is 5.56. The third-order valence-electron chi connectivity index (χ3n) is 6.47. The summed E-state index contributed by atoms with van der Waals surface area (Å²) in [5, 5.41) is 3.44. The van der Waals surface area contributed by atoms with Crippen molar-refractivity contribution in [2.75, 3.05) is 20.2 Å². The van der Waals surface area contributed by atoms with Crippen LogP contribution < -0.4 is 11.1 Å². The van der Waals surface area contributed by atoms with Crippen molar-refractivity contribution in [1.29, 1.82) is 0 Å². The number of hydrogen-bond donors (Lipinski definition) is 2. The van der Waals surface area contributed by atoms with Gasteiger partial charge in [0.1, 0.15) is 5.41 Å². The molecule has 0 radical (unpaired) electrons. The van der Waals surface area contributed by atoms with Gasteiger partial charge in [-0.1, -0.05) is 29.8 Å². The van der Waals surface area contributed by atoms with Crippen LogP contribution in [0.15, 0.2) is 54.3 Å². The molecule has 1 aromatic rings. The molecular weight excluding hydrogens is 456 g/mol. The Morgan fingerprint density at radius 2 is 2.00 bits per heavy atom. The second-order valence-electron chi connectivity index (χ2n) is 8.85. The molecule has 9 heteroatoms. The van der Waals surface area contributed by atoms with Crippen molar-refractivity contribution in [3.8, 4) is 0 Å². The zero-order chi connectivity index (χ0) is 24.9. The molecular formula is C25H31ClN4O4. The Morgan fingerprint density at radius 3 is 2.56 bits per heavy atom. The number of likely N-dealkylation sites (tertiary alicyclic amines) is 1. The lowest BCUT2D eigenvalue weighted by Gasteiger charge is -2.39. The van der Waals surface area contributed by atoms with Gasteiger partial charge in [0.15, 0.2) is 0 Å². The number of amides is 2. The van der Waals surface area contributed by atoms with Crippen molar-refractivity contribution >= 4 is 29.4 Å². The number of carbonyl (C=O) groups excluding carboxylic acids is 3. The molecule has 2 unspecified atom stereocenters. The molecule has 2 atom stereocenters. The van der Waals surface area contributed by atoms with Crippen LogP contribution in [0.4, 0.5) is 0 Å². The second-order valence-corrected chi connectivity index (χ2v) is 9.28. The Labute approximate surface area is 204 Å². The minimum Gasteiger partial charge on any atom is -0.466 e. The average molecular weight is 487 g/mol. The van der Waals surface area contributed by atoms with Crippen LogP contribution in [0.1, 0.15) is 32.4 Å². The van der Waals surface area contributed by atoms with E-state index in [1.54, 1.807) is 30.4 Å². The van der Waals surface area contributed by atoms with Gasteiger partial charge in [-0.2, -0.15) is 0 Å². The van der Waals surface area contributed by atoms with Gasteiger partial charge >= 0.3 is 5.97 Å². The number of ether oxygens (including phenoxy) is 1. The van der Waals surface area contributed by atoms with Crippen LogP contribution in [-0.2, 0) is 24.5 Å². The summed E-state index contributed by atoms with van der Waals surface area (Å²) in [4.78, 5) is 44.5. The number of hydrogen-bond acceptors (Lipinski definition) is 6. The minimum atomic E-state index is -1.47. The van der Waals surface area contributed by atoms with Crippen LogP contribution >= 0.6 is 11.6 Å². The Bertz CT molecular complexity index is 1010. The first kappa shape index (κ1) is 25.6. The summed E-state index contributed by atoms with van der Waals surface area (Å²) in [6.07, 6.45) is 10.7. The maximum absolute atomic E-state index is 13.2. The molecule has 3 rings (SSSR count). The number of pyridine rings is 1. The van der Waals surface area contributed by atoms with Crippen molar-refractivity contribution in [2.45, 2.75) is 44.2 Å². The predicted molar refractivity (Wildman–Crippen MR) is 130 cm³/mol. The number of primary amides is 1. The van der Waals surface area contributed by atoms with Gasteiger partial charge in [0.2, 0.25) is 11.8 Å². The van der Waals surface area contributed by atoms with Gasteiger partial charge in [0.05, 0.1) is 23.9 Å². The fraction of sp³-hybridized carbons (Fsp3) is 0.440. The largest absolute Gasteiger partial charge is 0.466 e. The SMILES string of the molecule is COC(=O)/C=C/C1=CC(C(N)=O)(c2ccc(Cl)cn2)C(NC(=O)C2CCN(C(C)C)CC2)C=C1. The number of aromatic nitrogens is 1. The van der Waals surface area contributed by atoms with E-state index in [0.29, 0.717) is 22.3 Å². The molecule has 3 N–H and O–H groups in total. The smallest absolute Gasteiger partial charge is 0.330 e. The molecule has 0 spiro atoms.